The van der Waals surface area contributed by atoms with Crippen LogP contribution in [0.5, 0.6) is 0 Å². The van der Waals surface area contributed by atoms with Crippen molar-refractivity contribution in [1.82, 2.24) is 0 Å². The second-order valence-corrected chi connectivity index (χ2v) is 2.80. The molecule has 0 aliphatic rings. The van der Waals surface area contributed by atoms with E-state index in [0.29, 0.717) is 6.42 Å². The van der Waals surface area contributed by atoms with Crippen molar-refractivity contribution in [1.29, 1.82) is 0 Å². The van der Waals surface area contributed by atoms with Crippen LogP contribution in [0.1, 0.15) is 39.5 Å². The number of carbonyl (C=O) groups is 1. The van der Waals surface area contributed by atoms with Gasteiger partial charge < -0.3 is 10.8 Å². The topological polar surface area (TPSA) is 63.3 Å². The molecule has 0 saturated carbocycles. The molecule has 0 unspecified atom stereocenters. The average Bonchev–Trinajstić information content (AvgIpc) is 2.16. The summed E-state index contributed by atoms with van der Waals surface area (Å²) in [6, 6.07) is 0. The number of rotatable bonds is 5. The van der Waals surface area contributed by atoms with Crippen molar-refractivity contribution in [3.63, 3.8) is 0 Å². The van der Waals surface area contributed by atoms with Crippen molar-refractivity contribution in [3.05, 3.63) is 24.4 Å². The Labute approximate surface area is 86.3 Å². The number of hydrogen-bond donors (Lipinski definition) is 2. The van der Waals surface area contributed by atoms with Crippen molar-refractivity contribution in [2.24, 2.45) is 5.73 Å². The molecule has 0 atom stereocenters. The average molecular weight is 199 g/mol. The smallest absolute Gasteiger partial charge is 0.351 e. The van der Waals surface area contributed by atoms with Crippen LogP contribution >= 0.6 is 0 Å². The van der Waals surface area contributed by atoms with E-state index >= 15 is 0 Å². The Balaban J connectivity index is 0. The standard InChI is InChI=1S/C6H12.C5H9NO2/c1-3-5-6-4-2;1-2-3-4(6)5(7)8/h3H,1,4-6H2,2H3;3H,2,6H2,1H3,(H,7,8)/b;4-3-. The third-order valence-corrected chi connectivity index (χ3v) is 1.43. The Morgan fingerprint density at radius 2 is 2.07 bits per heavy atom. The Morgan fingerprint density at radius 3 is 2.21 bits per heavy atom. The molecule has 0 fully saturated rings. The van der Waals surface area contributed by atoms with Crippen molar-refractivity contribution in [2.75, 3.05) is 0 Å². The van der Waals surface area contributed by atoms with Crippen LogP contribution in [0.3, 0.4) is 0 Å². The van der Waals surface area contributed by atoms with E-state index in [0.717, 1.165) is 0 Å². The molecule has 82 valence electrons. The molecule has 0 aromatic rings. The van der Waals surface area contributed by atoms with E-state index in [-0.39, 0.29) is 5.70 Å². The van der Waals surface area contributed by atoms with Gasteiger partial charge in [-0.1, -0.05) is 38.8 Å². The lowest BCUT2D eigenvalue weighted by Crippen LogP contribution is -2.09. The van der Waals surface area contributed by atoms with Crippen molar-refractivity contribution < 1.29 is 9.90 Å². The van der Waals surface area contributed by atoms with Gasteiger partial charge in [0.15, 0.2) is 0 Å². The quantitative estimate of drug-likeness (QED) is 0.406. The maximum atomic E-state index is 9.90. The minimum absolute atomic E-state index is 0.0764. The lowest BCUT2D eigenvalue weighted by Gasteiger charge is -1.87. The van der Waals surface area contributed by atoms with E-state index in [9.17, 15) is 4.79 Å². The van der Waals surface area contributed by atoms with Gasteiger partial charge in [-0.05, 0) is 12.8 Å². The van der Waals surface area contributed by atoms with Gasteiger partial charge in [0.2, 0.25) is 0 Å². The van der Waals surface area contributed by atoms with Crippen molar-refractivity contribution >= 4 is 5.97 Å². The molecule has 0 bridgehead atoms. The summed E-state index contributed by atoms with van der Waals surface area (Å²) in [6.07, 6.45) is 7.84. The molecule has 0 aliphatic carbocycles. The molecular formula is C11H21NO2. The third kappa shape index (κ3) is 13.3. The lowest BCUT2D eigenvalue weighted by atomic mass is 10.3. The highest BCUT2D eigenvalue weighted by molar-refractivity contribution is 5.85. The molecule has 0 spiro atoms. The Bertz CT molecular complexity index is 186. The first kappa shape index (κ1) is 15.2. The van der Waals surface area contributed by atoms with Gasteiger partial charge in [-0.15, -0.1) is 6.58 Å². The van der Waals surface area contributed by atoms with Gasteiger partial charge in [0.05, 0.1) is 0 Å². The van der Waals surface area contributed by atoms with Crippen molar-refractivity contribution in [2.45, 2.75) is 39.5 Å². The fourth-order valence-corrected chi connectivity index (χ4v) is 0.656. The zero-order valence-corrected chi connectivity index (χ0v) is 9.12. The molecule has 3 heteroatoms. The summed E-state index contributed by atoms with van der Waals surface area (Å²) in [6.45, 7) is 7.61. The second kappa shape index (κ2) is 11.8. The largest absolute Gasteiger partial charge is 0.477 e. The van der Waals surface area contributed by atoms with Crippen LogP contribution in [-0.4, -0.2) is 11.1 Å². The first-order valence-electron chi connectivity index (χ1n) is 4.89. The first-order valence-corrected chi connectivity index (χ1v) is 4.89. The monoisotopic (exact) mass is 199 g/mol. The maximum Gasteiger partial charge on any atom is 0.351 e. The molecular weight excluding hydrogens is 178 g/mol. The highest BCUT2D eigenvalue weighted by atomic mass is 16.4. The Hall–Kier alpha value is -1.25. The van der Waals surface area contributed by atoms with Gasteiger partial charge in [-0.2, -0.15) is 0 Å². The van der Waals surface area contributed by atoms with E-state index in [1.165, 1.54) is 25.3 Å². The molecule has 0 aliphatic heterocycles. The number of carboxylic acids is 1. The maximum absolute atomic E-state index is 9.90. The number of aliphatic carboxylic acids is 1. The van der Waals surface area contributed by atoms with Gasteiger partial charge in [0, 0.05) is 0 Å². The van der Waals surface area contributed by atoms with Gasteiger partial charge in [0.1, 0.15) is 5.70 Å². The third-order valence-electron chi connectivity index (χ3n) is 1.43. The molecule has 0 saturated heterocycles. The Kier molecular flexibility index (Phi) is 12.8. The number of carboxylic acid groups (broad SMARTS) is 1. The normalized spacial score (nSPS) is 10.0. The minimum atomic E-state index is -1.05. The summed E-state index contributed by atoms with van der Waals surface area (Å²) in [5.74, 6) is -1.05. The summed E-state index contributed by atoms with van der Waals surface area (Å²) >= 11 is 0. The van der Waals surface area contributed by atoms with E-state index in [4.69, 9.17) is 10.8 Å². The van der Waals surface area contributed by atoms with E-state index in [1.807, 2.05) is 13.0 Å². The summed E-state index contributed by atoms with van der Waals surface area (Å²) in [7, 11) is 0. The molecule has 0 radical (unpaired) electrons. The van der Waals surface area contributed by atoms with Gasteiger partial charge in [-0.3, -0.25) is 0 Å². The highest BCUT2D eigenvalue weighted by Crippen LogP contribution is 1.91. The van der Waals surface area contributed by atoms with Gasteiger partial charge in [0.25, 0.3) is 0 Å². The van der Waals surface area contributed by atoms with Crippen LogP contribution in [0, 0.1) is 0 Å². The molecule has 0 rings (SSSR count). The highest BCUT2D eigenvalue weighted by Gasteiger charge is 1.96. The number of allylic oxidation sites excluding steroid dienone is 2. The zero-order chi connectivity index (χ0) is 11.4. The summed E-state index contributed by atoms with van der Waals surface area (Å²) in [5, 5.41) is 8.12. The summed E-state index contributed by atoms with van der Waals surface area (Å²) in [5.41, 5.74) is 4.91. The number of hydrogen-bond acceptors (Lipinski definition) is 2. The molecule has 0 amide bonds. The van der Waals surface area contributed by atoms with Gasteiger partial charge >= 0.3 is 5.97 Å². The molecule has 14 heavy (non-hydrogen) atoms. The van der Waals surface area contributed by atoms with Crippen LogP contribution in [0.4, 0.5) is 0 Å². The predicted octanol–water partition coefficient (Wildman–Crippen LogP) is 2.69. The van der Waals surface area contributed by atoms with Crippen LogP contribution in [0.15, 0.2) is 24.4 Å². The van der Waals surface area contributed by atoms with E-state index < -0.39 is 5.97 Å². The second-order valence-electron chi connectivity index (χ2n) is 2.80. The molecule has 0 aromatic heterocycles. The van der Waals surface area contributed by atoms with Gasteiger partial charge in [-0.25, -0.2) is 4.79 Å². The molecule has 0 aromatic carbocycles. The minimum Gasteiger partial charge on any atom is -0.477 e. The molecule has 3 N–H and O–H groups in total. The summed E-state index contributed by atoms with van der Waals surface area (Å²) in [4.78, 5) is 9.90. The lowest BCUT2D eigenvalue weighted by molar-refractivity contribution is -0.132. The fourth-order valence-electron chi connectivity index (χ4n) is 0.656. The SMILES string of the molecule is C=CCCCC.CC/C=C(\N)C(=O)O. The zero-order valence-electron chi connectivity index (χ0n) is 9.12. The van der Waals surface area contributed by atoms with Crippen LogP contribution < -0.4 is 5.73 Å². The van der Waals surface area contributed by atoms with Crippen LogP contribution in [-0.2, 0) is 4.79 Å². The predicted molar refractivity (Wildman–Crippen MR) is 59.9 cm³/mol. The number of nitrogens with two attached hydrogens (primary N) is 1. The molecule has 3 nitrogen and oxygen atoms in total. The van der Waals surface area contributed by atoms with E-state index in [2.05, 4.69) is 13.5 Å². The number of unbranched alkanes of at least 4 members (excludes halogenated alkanes) is 2. The van der Waals surface area contributed by atoms with E-state index in [1.54, 1.807) is 0 Å². The Morgan fingerprint density at radius 1 is 1.50 bits per heavy atom. The summed E-state index contributed by atoms with van der Waals surface area (Å²) < 4.78 is 0. The first-order chi connectivity index (χ1) is 6.59. The van der Waals surface area contributed by atoms with Crippen LogP contribution in [0.2, 0.25) is 0 Å². The fraction of sp³-hybridized carbons (Fsp3) is 0.545. The van der Waals surface area contributed by atoms with Crippen molar-refractivity contribution in [3.8, 4) is 0 Å². The van der Waals surface area contributed by atoms with Crippen LogP contribution in [0.25, 0.3) is 0 Å². The molecule has 0 heterocycles.